The molecule has 3 aliphatic heterocycles. The summed E-state index contributed by atoms with van der Waals surface area (Å²) in [6, 6.07) is 15.8. The Morgan fingerprint density at radius 1 is 0.936 bits per heavy atom. The molecule has 6 unspecified atom stereocenters. The fourth-order valence-electron chi connectivity index (χ4n) is 8.56. The van der Waals surface area contributed by atoms with Crippen molar-refractivity contribution in [3.8, 4) is 11.5 Å². The Balaban J connectivity index is 1.25. The Morgan fingerprint density at radius 2 is 1.68 bits per heavy atom. The highest BCUT2D eigenvalue weighted by Crippen LogP contribution is 2.63. The number of halogens is 3. The van der Waals surface area contributed by atoms with E-state index in [2.05, 4.69) is 22.6 Å². The van der Waals surface area contributed by atoms with Crippen LogP contribution in [0.4, 0.5) is 15.8 Å². The van der Waals surface area contributed by atoms with E-state index in [9.17, 15) is 28.7 Å². The summed E-state index contributed by atoms with van der Waals surface area (Å²) in [5, 5.41) is 10.0. The molecular formula is C36H27ClFIN2O6. The molecule has 0 bridgehead atoms. The molecule has 3 aromatic carbocycles. The topological polar surface area (TPSA) is 104 Å². The number of anilines is 2. The van der Waals surface area contributed by atoms with Crippen molar-refractivity contribution in [1.29, 1.82) is 0 Å². The molecule has 47 heavy (non-hydrogen) atoms. The van der Waals surface area contributed by atoms with Crippen LogP contribution >= 0.6 is 34.2 Å². The van der Waals surface area contributed by atoms with Crippen molar-refractivity contribution in [2.75, 3.05) is 9.80 Å². The van der Waals surface area contributed by atoms with Gasteiger partial charge in [0.15, 0.2) is 0 Å². The molecule has 238 valence electrons. The maximum atomic E-state index is 14.6. The molecule has 4 amide bonds. The first-order valence-corrected chi connectivity index (χ1v) is 16.8. The molecule has 0 aromatic heterocycles. The minimum Gasteiger partial charge on any atom is -0.508 e. The summed E-state index contributed by atoms with van der Waals surface area (Å²) in [6.45, 7) is 1.77. The molecule has 11 heteroatoms. The Kier molecular flexibility index (Phi) is 6.93. The van der Waals surface area contributed by atoms with Crippen LogP contribution in [0, 0.1) is 44.4 Å². The average Bonchev–Trinajstić information content (AvgIpc) is 3.42. The Morgan fingerprint density at radius 3 is 2.43 bits per heavy atom. The van der Waals surface area contributed by atoms with Crippen molar-refractivity contribution in [2.45, 2.75) is 26.2 Å². The van der Waals surface area contributed by atoms with E-state index in [1.165, 1.54) is 23.1 Å². The maximum absolute atomic E-state index is 14.6. The number of phenolic OH excluding ortho intramolecular Hbond substituents is 1. The first-order valence-electron chi connectivity index (χ1n) is 15.3. The number of ether oxygens (including phenoxy) is 1. The smallest absolute Gasteiger partial charge is 0.241 e. The highest BCUT2D eigenvalue weighted by Gasteiger charge is 2.68. The normalized spacial score (nSPS) is 29.5. The lowest BCUT2D eigenvalue weighted by atomic mass is 9.51. The number of benzene rings is 3. The standard InChI is InChI=1S/C36H27ClFIN2O6/c1-36-26(33(44)41(35(36)46)21-6-10-28(38)27(37)14-21)15-25-23(31(36)18-12-17-13-22(42)7-11-29(17)47-16-18)8-9-24-30(25)34(45)40(32(24)43)20-4-2-19(39)3-5-20/h2-8,10-11,13-14,16,24-26,30-31,42H,9,12,15H2,1H3. The predicted molar refractivity (Wildman–Crippen MR) is 179 cm³/mol. The Labute approximate surface area is 288 Å². The lowest BCUT2D eigenvalue weighted by molar-refractivity contribution is -0.132. The molecular weight excluding hydrogens is 738 g/mol. The van der Waals surface area contributed by atoms with Crippen LogP contribution in [0.2, 0.25) is 5.02 Å². The first kappa shape index (κ1) is 30.3. The van der Waals surface area contributed by atoms with Crippen LogP contribution in [-0.2, 0) is 25.6 Å². The van der Waals surface area contributed by atoms with Crippen LogP contribution in [-0.4, -0.2) is 28.7 Å². The molecule has 3 heterocycles. The molecule has 3 fully saturated rings. The third kappa shape index (κ3) is 4.36. The maximum Gasteiger partial charge on any atom is 0.241 e. The van der Waals surface area contributed by atoms with Gasteiger partial charge in [0.05, 0.1) is 45.8 Å². The van der Waals surface area contributed by atoms with Gasteiger partial charge in [0.25, 0.3) is 0 Å². The van der Waals surface area contributed by atoms with E-state index in [0.29, 0.717) is 24.3 Å². The quantitative estimate of drug-likeness (QED) is 0.184. The number of fused-ring (bicyclic) bond motifs is 5. The van der Waals surface area contributed by atoms with Crippen LogP contribution in [0.25, 0.3) is 0 Å². The minimum absolute atomic E-state index is 0.0659. The van der Waals surface area contributed by atoms with E-state index in [1.54, 1.807) is 37.5 Å². The van der Waals surface area contributed by atoms with E-state index in [-0.39, 0.29) is 34.7 Å². The summed E-state index contributed by atoms with van der Waals surface area (Å²) < 4.78 is 21.1. The molecule has 0 spiro atoms. The number of amides is 4. The van der Waals surface area contributed by atoms with E-state index in [1.807, 2.05) is 18.2 Å². The summed E-state index contributed by atoms with van der Waals surface area (Å²) in [5.41, 5.74) is 1.63. The highest BCUT2D eigenvalue weighted by molar-refractivity contribution is 14.1. The molecule has 3 aromatic rings. The third-order valence-electron chi connectivity index (χ3n) is 10.7. The second kappa shape index (κ2) is 10.7. The van der Waals surface area contributed by atoms with Crippen LogP contribution in [0.1, 0.15) is 25.3 Å². The van der Waals surface area contributed by atoms with E-state index < -0.39 is 52.6 Å². The molecule has 2 aliphatic carbocycles. The zero-order valence-electron chi connectivity index (χ0n) is 25.0. The lowest BCUT2D eigenvalue weighted by Gasteiger charge is -2.49. The van der Waals surface area contributed by atoms with Gasteiger partial charge in [-0.2, -0.15) is 0 Å². The second-order valence-corrected chi connectivity index (χ2v) is 14.7. The summed E-state index contributed by atoms with van der Waals surface area (Å²) in [4.78, 5) is 59.4. The zero-order chi connectivity index (χ0) is 32.9. The van der Waals surface area contributed by atoms with Crippen molar-refractivity contribution in [3.05, 3.63) is 104 Å². The number of hydrogen-bond acceptors (Lipinski definition) is 6. The number of carbonyl (C=O) groups excluding carboxylic acids is 4. The molecule has 2 saturated heterocycles. The molecule has 6 atom stereocenters. The van der Waals surface area contributed by atoms with Crippen LogP contribution < -0.4 is 14.5 Å². The minimum atomic E-state index is -1.29. The predicted octanol–water partition coefficient (Wildman–Crippen LogP) is 6.58. The molecule has 8 rings (SSSR count). The van der Waals surface area contributed by atoms with Crippen LogP contribution in [0.3, 0.4) is 0 Å². The monoisotopic (exact) mass is 764 g/mol. The number of nitrogens with zero attached hydrogens (tertiary/aromatic N) is 2. The number of phenols is 1. The van der Waals surface area contributed by atoms with Crippen molar-refractivity contribution >= 4 is 69.2 Å². The van der Waals surface area contributed by atoms with Gasteiger partial charge in [-0.1, -0.05) is 23.3 Å². The molecule has 0 radical (unpaired) electrons. The van der Waals surface area contributed by atoms with Crippen LogP contribution in [0.15, 0.2) is 84.1 Å². The van der Waals surface area contributed by atoms with Crippen LogP contribution in [0.5, 0.6) is 11.5 Å². The SMILES string of the molecule is CC12C(=O)N(c3ccc(F)c(Cl)c3)C(=O)C1CC1C(=CCC3C(=O)N(c4ccc(I)cc4)C(=O)C31)C2C1=COc2ccc(O)cc2C1. The first-order chi connectivity index (χ1) is 22.5. The van der Waals surface area contributed by atoms with Gasteiger partial charge >= 0.3 is 0 Å². The third-order valence-corrected chi connectivity index (χ3v) is 11.7. The van der Waals surface area contributed by atoms with Gasteiger partial charge in [-0.3, -0.25) is 24.1 Å². The highest BCUT2D eigenvalue weighted by atomic mass is 127. The zero-order valence-corrected chi connectivity index (χ0v) is 27.9. The van der Waals surface area contributed by atoms with Gasteiger partial charge in [-0.15, -0.1) is 0 Å². The molecule has 1 saturated carbocycles. The van der Waals surface area contributed by atoms with Gasteiger partial charge in [0.2, 0.25) is 23.6 Å². The molecule has 1 N–H and O–H groups in total. The number of carbonyl (C=O) groups is 4. The van der Waals surface area contributed by atoms with Gasteiger partial charge < -0.3 is 9.84 Å². The molecule has 8 nitrogen and oxygen atoms in total. The van der Waals surface area contributed by atoms with Crippen molar-refractivity contribution in [1.82, 2.24) is 0 Å². The number of imide groups is 2. The number of aromatic hydroxyl groups is 1. The number of hydrogen-bond donors (Lipinski definition) is 1. The van der Waals surface area contributed by atoms with Gasteiger partial charge in [0.1, 0.15) is 17.3 Å². The lowest BCUT2D eigenvalue weighted by Crippen LogP contribution is -2.51. The number of allylic oxidation sites excluding steroid dienone is 3. The fourth-order valence-corrected chi connectivity index (χ4v) is 9.10. The second-order valence-electron chi connectivity index (χ2n) is 13.0. The Hall–Kier alpha value is -4.03. The Bertz CT molecular complexity index is 2000. The van der Waals surface area contributed by atoms with E-state index in [4.69, 9.17) is 16.3 Å². The van der Waals surface area contributed by atoms with Gasteiger partial charge in [-0.25, -0.2) is 9.29 Å². The average molecular weight is 765 g/mol. The summed E-state index contributed by atoms with van der Waals surface area (Å²) >= 11 is 8.26. The summed E-state index contributed by atoms with van der Waals surface area (Å²) in [7, 11) is 0. The van der Waals surface area contributed by atoms with Gasteiger partial charge in [-0.05, 0) is 115 Å². The number of rotatable bonds is 3. The fraction of sp³-hybridized carbons (Fsp3) is 0.278. The summed E-state index contributed by atoms with van der Waals surface area (Å²) in [5.74, 6) is -4.89. The van der Waals surface area contributed by atoms with Crippen molar-refractivity contribution in [2.24, 2.45) is 35.0 Å². The van der Waals surface area contributed by atoms with Gasteiger partial charge in [0, 0.05) is 21.5 Å². The summed E-state index contributed by atoms with van der Waals surface area (Å²) in [6.07, 6.45) is 4.41. The van der Waals surface area contributed by atoms with E-state index >= 15 is 0 Å². The van der Waals surface area contributed by atoms with Crippen molar-refractivity contribution < 1.29 is 33.4 Å². The van der Waals surface area contributed by atoms with E-state index in [0.717, 1.165) is 31.2 Å². The molecule has 5 aliphatic rings. The largest absolute Gasteiger partial charge is 0.508 e. The van der Waals surface area contributed by atoms with Crippen molar-refractivity contribution in [3.63, 3.8) is 0 Å².